The first kappa shape index (κ1) is 24.7. The number of rotatable bonds is 9. The largest absolute Gasteiger partial charge is 0.497 e. The van der Waals surface area contributed by atoms with Crippen LogP contribution in [0.1, 0.15) is 18.4 Å². The minimum Gasteiger partial charge on any atom is -0.497 e. The standard InChI is InChI=1S/C26H25N3O4S/c1-4-13-33-26(31)23-17(2)28-25(21(15-27)24(23)18-9-6-5-7-10-18)34-16-22(30)29-19-11-8-12-20(14-19)32-3/h4-12,14,24,28H,1,13,16H2,2-3H3,(H,29,30)/t24-/m1/s1. The van der Waals surface area contributed by atoms with Crippen molar-refractivity contribution in [1.29, 1.82) is 5.26 Å². The van der Waals surface area contributed by atoms with Crippen molar-refractivity contribution in [3.63, 3.8) is 0 Å². The van der Waals surface area contributed by atoms with Gasteiger partial charge in [0.1, 0.15) is 12.4 Å². The summed E-state index contributed by atoms with van der Waals surface area (Å²) in [5.41, 5.74) is 2.67. The average Bonchev–Trinajstić information content (AvgIpc) is 2.86. The Labute approximate surface area is 203 Å². The van der Waals surface area contributed by atoms with E-state index in [4.69, 9.17) is 9.47 Å². The molecule has 2 N–H and O–H groups in total. The topological polar surface area (TPSA) is 100 Å². The molecule has 1 heterocycles. The maximum Gasteiger partial charge on any atom is 0.337 e. The highest BCUT2D eigenvalue weighted by Crippen LogP contribution is 2.40. The Morgan fingerprint density at radius 2 is 2.00 bits per heavy atom. The van der Waals surface area contributed by atoms with Gasteiger partial charge in [0.15, 0.2) is 0 Å². The Morgan fingerprint density at radius 3 is 2.68 bits per heavy atom. The number of hydrogen-bond acceptors (Lipinski definition) is 7. The molecule has 2 aromatic rings. The summed E-state index contributed by atoms with van der Waals surface area (Å²) >= 11 is 1.20. The number of benzene rings is 2. The Kier molecular flexibility index (Phi) is 8.54. The van der Waals surface area contributed by atoms with Crippen molar-refractivity contribution in [2.45, 2.75) is 12.8 Å². The second kappa shape index (κ2) is 11.8. The Hall–Kier alpha value is -3.96. The summed E-state index contributed by atoms with van der Waals surface area (Å²) in [6.45, 7) is 5.40. The molecule has 1 atom stereocenters. The third-order valence-corrected chi connectivity index (χ3v) is 6.05. The predicted octanol–water partition coefficient (Wildman–Crippen LogP) is 4.49. The van der Waals surface area contributed by atoms with Crippen LogP contribution in [-0.2, 0) is 14.3 Å². The van der Waals surface area contributed by atoms with Gasteiger partial charge in [-0.2, -0.15) is 5.26 Å². The Bertz CT molecular complexity index is 1180. The number of allylic oxidation sites excluding steroid dienone is 2. The number of nitrogens with zero attached hydrogens (tertiary/aromatic N) is 1. The molecule has 34 heavy (non-hydrogen) atoms. The second-order valence-corrected chi connectivity index (χ2v) is 8.30. The number of amides is 1. The van der Waals surface area contributed by atoms with Crippen LogP contribution in [0, 0.1) is 11.3 Å². The third kappa shape index (κ3) is 5.88. The number of anilines is 1. The molecule has 0 saturated heterocycles. The van der Waals surface area contributed by atoms with Crippen LogP contribution in [0.3, 0.4) is 0 Å². The third-order valence-electron chi connectivity index (χ3n) is 5.03. The number of nitriles is 1. The molecule has 0 unspecified atom stereocenters. The van der Waals surface area contributed by atoms with Crippen molar-refractivity contribution >= 4 is 29.3 Å². The van der Waals surface area contributed by atoms with Crippen LogP contribution >= 0.6 is 11.8 Å². The van der Waals surface area contributed by atoms with Crippen molar-refractivity contribution in [2.75, 3.05) is 24.8 Å². The van der Waals surface area contributed by atoms with Gasteiger partial charge in [-0.1, -0.05) is 60.8 Å². The van der Waals surface area contributed by atoms with E-state index in [-0.39, 0.29) is 18.3 Å². The van der Waals surface area contributed by atoms with Gasteiger partial charge in [0.05, 0.1) is 41.0 Å². The lowest BCUT2D eigenvalue weighted by Gasteiger charge is -2.29. The normalized spacial score (nSPS) is 15.1. The predicted molar refractivity (Wildman–Crippen MR) is 133 cm³/mol. The van der Waals surface area contributed by atoms with Crippen molar-refractivity contribution < 1.29 is 19.1 Å². The first-order chi connectivity index (χ1) is 16.5. The summed E-state index contributed by atoms with van der Waals surface area (Å²) in [6, 6.07) is 18.6. The summed E-state index contributed by atoms with van der Waals surface area (Å²) in [7, 11) is 1.56. The lowest BCUT2D eigenvalue weighted by atomic mass is 9.82. The fraction of sp³-hybridized carbons (Fsp3) is 0.192. The molecule has 1 aliphatic heterocycles. The molecule has 8 heteroatoms. The molecular formula is C26H25N3O4S. The minimum absolute atomic E-state index is 0.0643. The molecule has 3 rings (SSSR count). The zero-order valence-corrected chi connectivity index (χ0v) is 19.8. The van der Waals surface area contributed by atoms with E-state index >= 15 is 0 Å². The molecule has 1 amide bonds. The molecule has 0 radical (unpaired) electrons. The molecule has 0 bridgehead atoms. The van der Waals surface area contributed by atoms with Crippen molar-refractivity contribution in [3.8, 4) is 11.8 Å². The van der Waals surface area contributed by atoms with E-state index in [1.54, 1.807) is 38.3 Å². The molecule has 0 fully saturated rings. The number of ether oxygens (including phenoxy) is 2. The van der Waals surface area contributed by atoms with E-state index in [1.807, 2.05) is 30.3 Å². The summed E-state index contributed by atoms with van der Waals surface area (Å²) < 4.78 is 10.5. The Morgan fingerprint density at radius 1 is 1.24 bits per heavy atom. The highest BCUT2D eigenvalue weighted by molar-refractivity contribution is 8.03. The number of esters is 1. The van der Waals surface area contributed by atoms with Gasteiger partial charge in [-0.3, -0.25) is 4.79 Å². The Balaban J connectivity index is 1.85. The molecule has 0 aromatic heterocycles. The molecule has 1 aliphatic rings. The SMILES string of the molecule is C=CCOC(=O)C1=C(C)NC(SCC(=O)Nc2cccc(OC)c2)=C(C#N)[C@H]1c1ccccc1. The molecule has 0 saturated carbocycles. The highest BCUT2D eigenvalue weighted by Gasteiger charge is 2.35. The van der Waals surface area contributed by atoms with E-state index in [2.05, 4.69) is 23.3 Å². The summed E-state index contributed by atoms with van der Waals surface area (Å²) in [5.74, 6) is -0.675. The molecule has 2 aromatic carbocycles. The fourth-order valence-corrected chi connectivity index (χ4v) is 4.42. The number of carbonyl (C=O) groups is 2. The van der Waals surface area contributed by atoms with Gasteiger partial charge in [-0.05, 0) is 24.6 Å². The first-order valence-electron chi connectivity index (χ1n) is 10.5. The van der Waals surface area contributed by atoms with Gasteiger partial charge in [0.25, 0.3) is 0 Å². The van der Waals surface area contributed by atoms with Crippen LogP contribution < -0.4 is 15.4 Å². The quantitative estimate of drug-likeness (QED) is 0.407. The lowest BCUT2D eigenvalue weighted by molar-refractivity contribution is -0.138. The van der Waals surface area contributed by atoms with Gasteiger partial charge in [-0.15, -0.1) is 0 Å². The van der Waals surface area contributed by atoms with Crippen molar-refractivity contribution in [3.05, 3.63) is 94.7 Å². The monoisotopic (exact) mass is 475 g/mol. The van der Waals surface area contributed by atoms with Gasteiger partial charge >= 0.3 is 5.97 Å². The number of dihydropyridines is 1. The minimum atomic E-state index is -0.617. The average molecular weight is 476 g/mol. The molecular weight excluding hydrogens is 450 g/mol. The van der Waals surface area contributed by atoms with Crippen LogP contribution in [0.2, 0.25) is 0 Å². The molecule has 0 aliphatic carbocycles. The number of carbonyl (C=O) groups excluding carboxylic acids is 2. The first-order valence-corrected chi connectivity index (χ1v) is 11.5. The summed E-state index contributed by atoms with van der Waals surface area (Å²) in [6.07, 6.45) is 1.49. The molecule has 7 nitrogen and oxygen atoms in total. The van der Waals surface area contributed by atoms with E-state index in [1.165, 1.54) is 17.8 Å². The van der Waals surface area contributed by atoms with Gasteiger partial charge in [0, 0.05) is 17.5 Å². The van der Waals surface area contributed by atoms with Crippen molar-refractivity contribution in [2.24, 2.45) is 0 Å². The fourth-order valence-electron chi connectivity index (χ4n) is 3.52. The van der Waals surface area contributed by atoms with Crippen molar-refractivity contribution in [1.82, 2.24) is 5.32 Å². The van der Waals surface area contributed by atoms with Gasteiger partial charge in [0.2, 0.25) is 5.91 Å². The van der Waals surface area contributed by atoms with Crippen LogP contribution in [-0.4, -0.2) is 31.3 Å². The van der Waals surface area contributed by atoms with Crippen LogP contribution in [0.5, 0.6) is 5.75 Å². The maximum atomic E-state index is 12.9. The number of thioether (sulfide) groups is 1. The van der Waals surface area contributed by atoms with E-state index < -0.39 is 11.9 Å². The summed E-state index contributed by atoms with van der Waals surface area (Å²) in [4.78, 5) is 25.4. The second-order valence-electron chi connectivity index (χ2n) is 7.32. The van der Waals surface area contributed by atoms with Crippen LogP contribution in [0.4, 0.5) is 5.69 Å². The molecule has 174 valence electrons. The molecule has 0 spiro atoms. The van der Waals surface area contributed by atoms with Gasteiger partial charge < -0.3 is 20.1 Å². The number of methoxy groups -OCH3 is 1. The lowest BCUT2D eigenvalue weighted by Crippen LogP contribution is -2.29. The van der Waals surface area contributed by atoms with Gasteiger partial charge in [-0.25, -0.2) is 4.79 Å². The van der Waals surface area contributed by atoms with E-state index in [0.29, 0.717) is 33.3 Å². The zero-order valence-electron chi connectivity index (χ0n) is 19.0. The smallest absolute Gasteiger partial charge is 0.337 e. The number of hydrogen-bond donors (Lipinski definition) is 2. The zero-order chi connectivity index (χ0) is 24.5. The highest BCUT2D eigenvalue weighted by atomic mass is 32.2. The van der Waals surface area contributed by atoms with Crippen LogP contribution in [0.15, 0.2) is 89.1 Å². The van der Waals surface area contributed by atoms with E-state index in [0.717, 1.165) is 5.56 Å². The van der Waals surface area contributed by atoms with Crippen LogP contribution in [0.25, 0.3) is 0 Å². The maximum absolute atomic E-state index is 12.9. The summed E-state index contributed by atoms with van der Waals surface area (Å²) in [5, 5.41) is 16.5. The number of nitrogens with one attached hydrogen (secondary N) is 2. The van der Waals surface area contributed by atoms with E-state index in [9.17, 15) is 14.9 Å².